The third-order valence-electron chi connectivity index (χ3n) is 0.169. The zero-order valence-electron chi connectivity index (χ0n) is 4.48. The molecule has 0 fully saturated rings. The van der Waals surface area contributed by atoms with Crippen LogP contribution in [0.25, 0.3) is 0 Å². The van der Waals surface area contributed by atoms with Crippen LogP contribution in [0.15, 0.2) is 0 Å². The molecule has 0 aromatic rings. The van der Waals surface area contributed by atoms with Gasteiger partial charge in [0.25, 0.3) is 0 Å². The molecule has 0 saturated carbocycles. The Kier molecular flexibility index (Phi) is 21.2. The van der Waals surface area contributed by atoms with Gasteiger partial charge in [0.05, 0.1) is 13.2 Å². The standard InChI is InChI=1S/2C2H5FO/c2*3-1-2-4/h2*4H,1-2H2. The molecule has 0 saturated heterocycles. The van der Waals surface area contributed by atoms with Gasteiger partial charge in [-0.25, -0.2) is 8.78 Å². The lowest BCUT2D eigenvalue weighted by Crippen LogP contribution is -1.77. The molecule has 0 aliphatic rings. The third kappa shape index (κ3) is 41.7. The second kappa shape index (κ2) is 15.9. The van der Waals surface area contributed by atoms with Crippen molar-refractivity contribution < 1.29 is 19.0 Å². The lowest BCUT2D eigenvalue weighted by molar-refractivity contribution is 0.253. The molecule has 0 rings (SSSR count). The van der Waals surface area contributed by atoms with Crippen LogP contribution < -0.4 is 0 Å². The Hall–Kier alpha value is -0.220. The number of hydrogen-bond acceptors (Lipinski definition) is 2. The summed E-state index contributed by atoms with van der Waals surface area (Å²) in [6.45, 7) is -1.94. The second-order valence-electron chi connectivity index (χ2n) is 0.825. The van der Waals surface area contributed by atoms with Crippen molar-refractivity contribution in [1.82, 2.24) is 0 Å². The van der Waals surface area contributed by atoms with Crippen LogP contribution in [0.1, 0.15) is 0 Å². The monoisotopic (exact) mass is 128 g/mol. The lowest BCUT2D eigenvalue weighted by Gasteiger charge is -1.66. The van der Waals surface area contributed by atoms with Crippen LogP contribution in [0, 0.1) is 0 Å². The summed E-state index contributed by atoms with van der Waals surface area (Å²) in [5, 5.41) is 15.0. The predicted molar refractivity (Wildman–Crippen MR) is 26.1 cm³/mol. The molecule has 2 nitrogen and oxygen atoms in total. The molecule has 52 valence electrons. The van der Waals surface area contributed by atoms with E-state index >= 15 is 0 Å². The Labute approximate surface area is 46.8 Å². The van der Waals surface area contributed by atoms with E-state index in [2.05, 4.69) is 0 Å². The van der Waals surface area contributed by atoms with Crippen LogP contribution in [0.3, 0.4) is 0 Å². The fourth-order valence-electron chi connectivity index (χ4n) is 0. The van der Waals surface area contributed by atoms with Crippen molar-refractivity contribution in [3.05, 3.63) is 0 Å². The minimum atomic E-state index is -0.625. The largest absolute Gasteiger partial charge is 0.394 e. The first-order chi connectivity index (χ1) is 3.83. The van der Waals surface area contributed by atoms with E-state index < -0.39 is 13.3 Å². The number of aliphatic hydroxyl groups is 2. The highest BCUT2D eigenvalue weighted by Crippen LogP contribution is 1.54. The summed E-state index contributed by atoms with van der Waals surface area (Å²) in [6, 6.07) is 0. The fourth-order valence-corrected chi connectivity index (χ4v) is 0. The minimum Gasteiger partial charge on any atom is -0.394 e. The van der Waals surface area contributed by atoms with E-state index in [-0.39, 0.29) is 13.2 Å². The SMILES string of the molecule is OCCF.OCCF. The van der Waals surface area contributed by atoms with E-state index in [4.69, 9.17) is 10.2 Å². The zero-order valence-corrected chi connectivity index (χ0v) is 4.48. The van der Waals surface area contributed by atoms with E-state index in [0.717, 1.165) is 0 Å². The molecule has 0 aromatic heterocycles. The number of hydrogen-bond donors (Lipinski definition) is 2. The summed E-state index contributed by atoms with van der Waals surface area (Å²) in [7, 11) is 0. The molecular weight excluding hydrogens is 118 g/mol. The number of aliphatic hydroxyl groups excluding tert-OH is 2. The molecular formula is C4H10F2O2. The first kappa shape index (κ1) is 10.7. The molecule has 8 heavy (non-hydrogen) atoms. The van der Waals surface area contributed by atoms with Gasteiger partial charge in [-0.1, -0.05) is 0 Å². The summed E-state index contributed by atoms with van der Waals surface area (Å²) in [5.74, 6) is 0. The van der Waals surface area contributed by atoms with Gasteiger partial charge in [-0.3, -0.25) is 0 Å². The van der Waals surface area contributed by atoms with Gasteiger partial charge in [0.2, 0.25) is 0 Å². The first-order valence-corrected chi connectivity index (χ1v) is 2.17. The smallest absolute Gasteiger partial charge is 0.112 e. The van der Waals surface area contributed by atoms with Crippen molar-refractivity contribution in [1.29, 1.82) is 0 Å². The molecule has 0 radical (unpaired) electrons. The molecule has 0 aliphatic heterocycles. The molecule has 2 N–H and O–H groups in total. The van der Waals surface area contributed by atoms with Crippen molar-refractivity contribution in [2.45, 2.75) is 0 Å². The maximum atomic E-state index is 10.5. The van der Waals surface area contributed by atoms with E-state index in [9.17, 15) is 8.78 Å². The van der Waals surface area contributed by atoms with E-state index in [1.807, 2.05) is 0 Å². The molecule has 4 heteroatoms. The second-order valence-corrected chi connectivity index (χ2v) is 0.825. The fraction of sp³-hybridized carbons (Fsp3) is 1.00. The molecule has 0 spiro atoms. The molecule has 0 unspecified atom stereocenters. The van der Waals surface area contributed by atoms with E-state index in [1.54, 1.807) is 0 Å². The molecule has 0 heterocycles. The van der Waals surface area contributed by atoms with Gasteiger partial charge < -0.3 is 10.2 Å². The van der Waals surface area contributed by atoms with Crippen LogP contribution in [0.4, 0.5) is 8.78 Å². The van der Waals surface area contributed by atoms with Gasteiger partial charge >= 0.3 is 0 Å². The van der Waals surface area contributed by atoms with Crippen molar-refractivity contribution in [3.63, 3.8) is 0 Å². The van der Waals surface area contributed by atoms with E-state index in [0.29, 0.717) is 0 Å². The van der Waals surface area contributed by atoms with Crippen molar-refractivity contribution in [3.8, 4) is 0 Å². The van der Waals surface area contributed by atoms with Gasteiger partial charge in [0.15, 0.2) is 0 Å². The summed E-state index contributed by atoms with van der Waals surface area (Å²) < 4.78 is 20.9. The van der Waals surface area contributed by atoms with Crippen molar-refractivity contribution in [2.75, 3.05) is 26.6 Å². The Morgan fingerprint density at radius 3 is 1.00 bits per heavy atom. The summed E-state index contributed by atoms with van der Waals surface area (Å²) in [5.41, 5.74) is 0. The van der Waals surface area contributed by atoms with Crippen LogP contribution in [0.2, 0.25) is 0 Å². The molecule has 0 bridgehead atoms. The van der Waals surface area contributed by atoms with Gasteiger partial charge in [0, 0.05) is 0 Å². The molecule has 0 amide bonds. The average molecular weight is 128 g/mol. The highest BCUT2D eigenvalue weighted by molar-refractivity contribution is 4.08. The predicted octanol–water partition coefficient (Wildman–Crippen LogP) is -0.104. The van der Waals surface area contributed by atoms with Gasteiger partial charge in [-0.15, -0.1) is 0 Å². The average Bonchev–Trinajstić information content (AvgIpc) is 1.88. The van der Waals surface area contributed by atoms with Gasteiger partial charge in [-0.2, -0.15) is 0 Å². The van der Waals surface area contributed by atoms with Crippen LogP contribution in [0.5, 0.6) is 0 Å². The van der Waals surface area contributed by atoms with Crippen LogP contribution in [-0.4, -0.2) is 36.8 Å². The summed E-state index contributed by atoms with van der Waals surface area (Å²) >= 11 is 0. The van der Waals surface area contributed by atoms with Gasteiger partial charge in [0.1, 0.15) is 13.3 Å². The number of rotatable bonds is 2. The number of halogens is 2. The Balaban J connectivity index is 0. The van der Waals surface area contributed by atoms with Crippen molar-refractivity contribution >= 4 is 0 Å². The third-order valence-corrected chi connectivity index (χ3v) is 0.169. The molecule has 0 atom stereocenters. The number of alkyl halides is 2. The topological polar surface area (TPSA) is 40.5 Å². The maximum absolute atomic E-state index is 10.5. The Morgan fingerprint density at radius 1 is 0.875 bits per heavy atom. The molecule has 0 aromatic carbocycles. The minimum absolute atomic E-state index is 0.347. The van der Waals surface area contributed by atoms with Crippen LogP contribution in [-0.2, 0) is 0 Å². The highest BCUT2D eigenvalue weighted by atomic mass is 19.1. The Morgan fingerprint density at radius 2 is 1.00 bits per heavy atom. The van der Waals surface area contributed by atoms with Crippen molar-refractivity contribution in [2.24, 2.45) is 0 Å². The zero-order chi connectivity index (χ0) is 6.83. The van der Waals surface area contributed by atoms with Crippen LogP contribution >= 0.6 is 0 Å². The summed E-state index contributed by atoms with van der Waals surface area (Å²) in [4.78, 5) is 0. The lowest BCUT2D eigenvalue weighted by atomic mass is 10.9. The first-order valence-electron chi connectivity index (χ1n) is 2.17. The highest BCUT2D eigenvalue weighted by Gasteiger charge is 1.62. The quantitative estimate of drug-likeness (QED) is 0.545. The molecule has 0 aliphatic carbocycles. The maximum Gasteiger partial charge on any atom is 0.112 e. The summed E-state index contributed by atoms with van der Waals surface area (Å²) in [6.07, 6.45) is 0. The normalized spacial score (nSPS) is 7.50. The van der Waals surface area contributed by atoms with Gasteiger partial charge in [-0.05, 0) is 0 Å². The Bertz CT molecular complexity index is 20.0. The van der Waals surface area contributed by atoms with E-state index in [1.165, 1.54) is 0 Å².